The fourth-order valence-electron chi connectivity index (χ4n) is 3.70. The average molecular weight is 416 g/mol. The van der Waals surface area contributed by atoms with Crippen LogP contribution < -0.4 is 5.01 Å². The first kappa shape index (κ1) is 18.7. The Kier molecular flexibility index (Phi) is 4.68. The maximum Gasteiger partial charge on any atom is 0.439 e. The number of alkyl halides is 3. The van der Waals surface area contributed by atoms with E-state index in [0.717, 1.165) is 29.7 Å². The molecule has 1 fully saturated rings. The molecular weight excluding hydrogens is 399 g/mol. The summed E-state index contributed by atoms with van der Waals surface area (Å²) in [5.41, 5.74) is -1.39. The summed E-state index contributed by atoms with van der Waals surface area (Å²) >= 11 is 6.91. The van der Waals surface area contributed by atoms with Gasteiger partial charge in [0.2, 0.25) is 5.13 Å². The van der Waals surface area contributed by atoms with Crippen LogP contribution >= 0.6 is 22.9 Å². The maximum atomic E-state index is 14.0. The lowest BCUT2D eigenvalue weighted by molar-refractivity contribution is -0.268. The summed E-state index contributed by atoms with van der Waals surface area (Å²) in [4.78, 5) is 4.32. The zero-order valence-corrected chi connectivity index (χ0v) is 15.8. The van der Waals surface area contributed by atoms with Crippen LogP contribution in [0.3, 0.4) is 0 Å². The first-order valence-corrected chi connectivity index (χ1v) is 9.94. The number of rotatable bonds is 2. The SMILES string of the molecule is OC1(C(F)(F)F)C2CCCCCC2=NN1c1nc(-c2ccc(Cl)cc2)cs1. The molecule has 2 atom stereocenters. The van der Waals surface area contributed by atoms with E-state index in [1.807, 2.05) is 0 Å². The molecule has 2 aromatic rings. The molecule has 9 heteroatoms. The minimum Gasteiger partial charge on any atom is -0.362 e. The number of nitrogens with zero attached hydrogens (tertiary/aromatic N) is 3. The summed E-state index contributed by atoms with van der Waals surface area (Å²) in [5, 5.41) is 17.9. The molecule has 1 aliphatic carbocycles. The number of aromatic nitrogens is 1. The summed E-state index contributed by atoms with van der Waals surface area (Å²) in [6.45, 7) is 0. The summed E-state index contributed by atoms with van der Waals surface area (Å²) in [7, 11) is 0. The molecule has 144 valence electrons. The highest BCUT2D eigenvalue weighted by Gasteiger charge is 2.67. The highest BCUT2D eigenvalue weighted by Crippen LogP contribution is 2.50. The fourth-order valence-corrected chi connectivity index (χ4v) is 4.66. The van der Waals surface area contributed by atoms with Crippen molar-refractivity contribution in [3.63, 3.8) is 0 Å². The number of aliphatic hydroxyl groups is 1. The van der Waals surface area contributed by atoms with Crippen LogP contribution in [0.1, 0.15) is 32.1 Å². The molecule has 0 amide bonds. The molecule has 2 aliphatic rings. The number of hydrogen-bond acceptors (Lipinski definition) is 5. The van der Waals surface area contributed by atoms with Crippen LogP contribution in [-0.2, 0) is 0 Å². The molecule has 0 bridgehead atoms. The van der Waals surface area contributed by atoms with Gasteiger partial charge in [0.15, 0.2) is 0 Å². The number of hydrazone groups is 1. The Balaban J connectivity index is 1.74. The number of benzene rings is 1. The van der Waals surface area contributed by atoms with Gasteiger partial charge in [0.25, 0.3) is 5.72 Å². The highest BCUT2D eigenvalue weighted by atomic mass is 35.5. The zero-order chi connectivity index (χ0) is 19.2. The Hall–Kier alpha value is -1.64. The van der Waals surface area contributed by atoms with Gasteiger partial charge in [0.1, 0.15) is 0 Å². The third-order valence-corrected chi connectivity index (χ3v) is 6.16. The Morgan fingerprint density at radius 1 is 1.19 bits per heavy atom. The van der Waals surface area contributed by atoms with Crippen LogP contribution in [0.4, 0.5) is 18.3 Å². The van der Waals surface area contributed by atoms with Gasteiger partial charge in [-0.15, -0.1) is 11.3 Å². The quantitative estimate of drug-likeness (QED) is 0.707. The molecule has 2 unspecified atom stereocenters. The summed E-state index contributed by atoms with van der Waals surface area (Å²) in [5.74, 6) is -1.05. The maximum absolute atomic E-state index is 14.0. The Labute approximate surface area is 163 Å². The topological polar surface area (TPSA) is 48.7 Å². The molecule has 0 radical (unpaired) electrons. The van der Waals surface area contributed by atoms with Gasteiger partial charge in [-0.2, -0.15) is 23.3 Å². The van der Waals surface area contributed by atoms with Gasteiger partial charge in [-0.25, -0.2) is 4.98 Å². The molecule has 1 aromatic carbocycles. The lowest BCUT2D eigenvalue weighted by Gasteiger charge is -2.37. The Bertz CT molecular complexity index is 867. The van der Waals surface area contributed by atoms with E-state index in [1.54, 1.807) is 29.6 Å². The largest absolute Gasteiger partial charge is 0.439 e. The monoisotopic (exact) mass is 415 g/mol. The van der Waals surface area contributed by atoms with E-state index in [-0.39, 0.29) is 11.6 Å². The molecule has 1 aliphatic heterocycles. The molecule has 27 heavy (non-hydrogen) atoms. The van der Waals surface area contributed by atoms with E-state index in [9.17, 15) is 18.3 Å². The lowest BCUT2D eigenvalue weighted by atomic mass is 9.87. The van der Waals surface area contributed by atoms with Gasteiger partial charge in [0.05, 0.1) is 11.6 Å². The normalized spacial score (nSPS) is 25.9. The second kappa shape index (κ2) is 6.76. The van der Waals surface area contributed by atoms with E-state index in [0.29, 0.717) is 34.3 Å². The summed E-state index contributed by atoms with van der Waals surface area (Å²) in [6, 6.07) is 6.88. The van der Waals surface area contributed by atoms with Gasteiger partial charge in [0, 0.05) is 21.7 Å². The van der Waals surface area contributed by atoms with Crippen molar-refractivity contribution in [3.8, 4) is 11.3 Å². The van der Waals surface area contributed by atoms with Crippen LogP contribution in [0.25, 0.3) is 11.3 Å². The zero-order valence-electron chi connectivity index (χ0n) is 14.2. The highest BCUT2D eigenvalue weighted by molar-refractivity contribution is 7.14. The predicted molar refractivity (Wildman–Crippen MR) is 100 cm³/mol. The van der Waals surface area contributed by atoms with Crippen molar-refractivity contribution in [1.82, 2.24) is 4.98 Å². The fraction of sp³-hybridized carbons (Fsp3) is 0.444. The molecule has 1 N–H and O–H groups in total. The van der Waals surface area contributed by atoms with E-state index in [1.165, 1.54) is 0 Å². The molecule has 1 aromatic heterocycles. The van der Waals surface area contributed by atoms with Crippen LogP contribution in [0, 0.1) is 5.92 Å². The molecule has 2 heterocycles. The van der Waals surface area contributed by atoms with Crippen molar-refractivity contribution in [2.45, 2.75) is 44.0 Å². The van der Waals surface area contributed by atoms with Gasteiger partial charge in [-0.3, -0.25) is 0 Å². The summed E-state index contributed by atoms with van der Waals surface area (Å²) < 4.78 is 41.9. The molecule has 4 nitrogen and oxygen atoms in total. The van der Waals surface area contributed by atoms with Gasteiger partial charge < -0.3 is 5.11 Å². The molecule has 0 spiro atoms. The van der Waals surface area contributed by atoms with E-state index >= 15 is 0 Å². The predicted octanol–water partition coefficient (Wildman–Crippen LogP) is 5.47. The second-order valence-corrected chi connectivity index (χ2v) is 8.07. The van der Waals surface area contributed by atoms with Crippen molar-refractivity contribution in [2.24, 2.45) is 11.0 Å². The van der Waals surface area contributed by atoms with Crippen LogP contribution in [0.5, 0.6) is 0 Å². The lowest BCUT2D eigenvalue weighted by Crippen LogP contribution is -2.60. The number of anilines is 1. The van der Waals surface area contributed by atoms with Gasteiger partial charge >= 0.3 is 6.18 Å². The van der Waals surface area contributed by atoms with E-state index in [4.69, 9.17) is 11.6 Å². The van der Waals surface area contributed by atoms with Gasteiger partial charge in [-0.1, -0.05) is 36.6 Å². The smallest absolute Gasteiger partial charge is 0.362 e. The van der Waals surface area contributed by atoms with E-state index < -0.39 is 17.8 Å². The van der Waals surface area contributed by atoms with Crippen molar-refractivity contribution >= 4 is 33.8 Å². The minimum absolute atomic E-state index is 0.0281. The Morgan fingerprint density at radius 2 is 1.93 bits per heavy atom. The molecular formula is C18H17ClF3N3OS. The van der Waals surface area contributed by atoms with Crippen LogP contribution in [-0.4, -0.2) is 27.7 Å². The van der Waals surface area contributed by atoms with Crippen LogP contribution in [0.2, 0.25) is 5.02 Å². The average Bonchev–Trinajstić information content (AvgIpc) is 3.11. The van der Waals surface area contributed by atoms with Gasteiger partial charge in [-0.05, 0) is 31.4 Å². The Morgan fingerprint density at radius 3 is 2.63 bits per heavy atom. The third kappa shape index (κ3) is 3.13. The van der Waals surface area contributed by atoms with Crippen molar-refractivity contribution in [1.29, 1.82) is 0 Å². The van der Waals surface area contributed by atoms with Crippen molar-refractivity contribution in [2.75, 3.05) is 5.01 Å². The number of thiazole rings is 1. The number of hydrogen-bond donors (Lipinski definition) is 1. The summed E-state index contributed by atoms with van der Waals surface area (Å²) in [6.07, 6.45) is -1.84. The number of halogens is 4. The molecule has 0 saturated heterocycles. The van der Waals surface area contributed by atoms with E-state index in [2.05, 4.69) is 10.1 Å². The first-order chi connectivity index (χ1) is 12.8. The minimum atomic E-state index is -4.85. The molecule has 4 rings (SSSR count). The third-order valence-electron chi connectivity index (χ3n) is 5.10. The second-order valence-electron chi connectivity index (χ2n) is 6.80. The standard InChI is InChI=1S/C18H17ClF3N3OS/c19-12-8-6-11(7-9-12)15-10-27-16(23-15)25-17(26,18(20,21)22)13-4-2-1-3-5-14(13)24-25/h6-10,13,26H,1-5H2. The van der Waals surface area contributed by atoms with Crippen LogP contribution in [0.15, 0.2) is 34.7 Å². The first-order valence-electron chi connectivity index (χ1n) is 8.69. The number of fused-ring (bicyclic) bond motifs is 1. The van der Waals surface area contributed by atoms with Crippen molar-refractivity contribution in [3.05, 3.63) is 34.7 Å². The molecule has 1 saturated carbocycles. The van der Waals surface area contributed by atoms with Crippen molar-refractivity contribution < 1.29 is 18.3 Å².